The number of nitrogens with one attached hydrogen (secondary N) is 2. The van der Waals surface area contributed by atoms with Gasteiger partial charge in [-0.25, -0.2) is 9.97 Å². The van der Waals surface area contributed by atoms with Gasteiger partial charge in [-0.3, -0.25) is 4.79 Å². The largest absolute Gasteiger partial charge is 0.416 e. The van der Waals surface area contributed by atoms with Crippen LogP contribution >= 0.6 is 11.6 Å². The normalized spacial score (nSPS) is 15.0. The number of halogens is 4. The second-order valence-corrected chi connectivity index (χ2v) is 6.87. The van der Waals surface area contributed by atoms with Gasteiger partial charge in [-0.2, -0.15) is 13.2 Å². The van der Waals surface area contributed by atoms with Crippen LogP contribution in [0.3, 0.4) is 0 Å². The average molecular weight is 399 g/mol. The summed E-state index contributed by atoms with van der Waals surface area (Å²) in [5.74, 6) is 0.186. The Morgan fingerprint density at radius 1 is 1.19 bits per heavy atom. The lowest BCUT2D eigenvalue weighted by Crippen LogP contribution is -2.33. The molecule has 1 aromatic carbocycles. The second-order valence-electron chi connectivity index (χ2n) is 6.46. The van der Waals surface area contributed by atoms with E-state index in [4.69, 9.17) is 11.6 Å². The third kappa shape index (κ3) is 4.88. The average Bonchev–Trinajstić information content (AvgIpc) is 3.08. The molecule has 5 nitrogen and oxygen atoms in total. The molecule has 2 N–H and O–H groups in total. The number of hydrogen-bond acceptors (Lipinski definition) is 4. The quantitative estimate of drug-likeness (QED) is 0.770. The van der Waals surface area contributed by atoms with Crippen molar-refractivity contribution in [3.63, 3.8) is 0 Å². The van der Waals surface area contributed by atoms with Crippen LogP contribution in [0.1, 0.15) is 47.6 Å². The van der Waals surface area contributed by atoms with Crippen molar-refractivity contribution in [1.29, 1.82) is 0 Å². The van der Waals surface area contributed by atoms with Gasteiger partial charge in [0.2, 0.25) is 0 Å². The molecular formula is C18H18ClF3N4O. The summed E-state index contributed by atoms with van der Waals surface area (Å²) < 4.78 is 38.8. The number of alkyl halides is 3. The predicted octanol–water partition coefficient (Wildman–Crippen LogP) is 4.87. The van der Waals surface area contributed by atoms with Crippen LogP contribution in [0.2, 0.25) is 5.02 Å². The maximum Gasteiger partial charge on any atom is 0.416 e. The van der Waals surface area contributed by atoms with Crippen molar-refractivity contribution < 1.29 is 18.0 Å². The first kappa shape index (κ1) is 19.4. The van der Waals surface area contributed by atoms with Gasteiger partial charge in [-0.15, -0.1) is 0 Å². The summed E-state index contributed by atoms with van der Waals surface area (Å²) in [6.45, 7) is 1.60. The van der Waals surface area contributed by atoms with Crippen LogP contribution in [0.25, 0.3) is 0 Å². The van der Waals surface area contributed by atoms with E-state index in [2.05, 4.69) is 20.6 Å². The van der Waals surface area contributed by atoms with Crippen LogP contribution < -0.4 is 10.6 Å². The van der Waals surface area contributed by atoms with Crippen LogP contribution in [-0.2, 0) is 6.18 Å². The Hall–Kier alpha value is -2.35. The van der Waals surface area contributed by atoms with Gasteiger partial charge in [0.15, 0.2) is 0 Å². The van der Waals surface area contributed by atoms with Crippen molar-refractivity contribution in [3.05, 3.63) is 46.4 Å². The summed E-state index contributed by atoms with van der Waals surface area (Å²) in [4.78, 5) is 20.7. The monoisotopic (exact) mass is 398 g/mol. The van der Waals surface area contributed by atoms with Crippen molar-refractivity contribution in [2.75, 3.05) is 5.32 Å². The Labute approximate surface area is 159 Å². The van der Waals surface area contributed by atoms with E-state index >= 15 is 0 Å². The van der Waals surface area contributed by atoms with E-state index in [1.807, 2.05) is 0 Å². The number of aryl methyl sites for hydroxylation is 1. The highest BCUT2D eigenvalue weighted by Crippen LogP contribution is 2.34. The molecule has 0 radical (unpaired) electrons. The molecule has 2 aromatic rings. The zero-order valence-electron chi connectivity index (χ0n) is 14.5. The van der Waals surface area contributed by atoms with Crippen LogP contribution in [0, 0.1) is 6.92 Å². The standard InChI is InChI=1S/C18H18ClF3N4O/c1-10-23-15(17(27)25-12-4-2-3-5-12)9-16(24-10)26-14-8-11(18(20,21)22)6-7-13(14)19/h6-9,12H,2-5H2,1H3,(H,25,27)(H,23,24,26). The topological polar surface area (TPSA) is 66.9 Å². The number of hydrogen-bond donors (Lipinski definition) is 2. The van der Waals surface area contributed by atoms with Crippen LogP contribution in [0.4, 0.5) is 24.7 Å². The fraction of sp³-hybridized carbons (Fsp3) is 0.389. The summed E-state index contributed by atoms with van der Waals surface area (Å²) in [6.07, 6.45) is -0.473. The minimum Gasteiger partial charge on any atom is -0.348 e. The number of benzene rings is 1. The van der Waals surface area contributed by atoms with E-state index in [1.54, 1.807) is 6.92 Å². The Balaban J connectivity index is 1.83. The Bertz CT molecular complexity index is 851. The SMILES string of the molecule is Cc1nc(Nc2cc(C(F)(F)F)ccc2Cl)cc(C(=O)NC2CCCC2)n1. The van der Waals surface area contributed by atoms with Gasteiger partial charge in [0.25, 0.3) is 5.91 Å². The third-order valence-electron chi connectivity index (χ3n) is 4.32. The molecule has 3 rings (SSSR count). The minimum absolute atomic E-state index is 0.0479. The van der Waals surface area contributed by atoms with Crippen LogP contribution in [-0.4, -0.2) is 21.9 Å². The molecule has 1 amide bonds. The highest BCUT2D eigenvalue weighted by atomic mass is 35.5. The van der Waals surface area contributed by atoms with E-state index < -0.39 is 11.7 Å². The smallest absolute Gasteiger partial charge is 0.348 e. The number of anilines is 2. The molecule has 1 saturated carbocycles. The molecule has 27 heavy (non-hydrogen) atoms. The maximum atomic E-state index is 12.9. The maximum absolute atomic E-state index is 12.9. The van der Waals surface area contributed by atoms with E-state index in [0.717, 1.165) is 43.9 Å². The zero-order valence-corrected chi connectivity index (χ0v) is 15.3. The van der Waals surface area contributed by atoms with Gasteiger partial charge >= 0.3 is 6.18 Å². The Kier molecular flexibility index (Phi) is 5.55. The highest BCUT2D eigenvalue weighted by Gasteiger charge is 2.31. The van der Waals surface area contributed by atoms with Crippen molar-refractivity contribution in [3.8, 4) is 0 Å². The summed E-state index contributed by atoms with van der Waals surface area (Å²) in [5.41, 5.74) is -0.633. The van der Waals surface area contributed by atoms with Gasteiger partial charge in [-0.05, 0) is 38.0 Å². The molecule has 1 heterocycles. The Morgan fingerprint density at radius 3 is 2.56 bits per heavy atom. The first-order chi connectivity index (χ1) is 12.7. The summed E-state index contributed by atoms with van der Waals surface area (Å²) in [7, 11) is 0. The number of nitrogens with zero attached hydrogens (tertiary/aromatic N) is 2. The van der Waals surface area contributed by atoms with Gasteiger partial charge in [0.05, 0.1) is 16.3 Å². The first-order valence-electron chi connectivity index (χ1n) is 8.53. The molecule has 0 aliphatic heterocycles. The van der Waals surface area contributed by atoms with Crippen LogP contribution in [0.15, 0.2) is 24.3 Å². The van der Waals surface area contributed by atoms with E-state index in [0.29, 0.717) is 5.82 Å². The molecular weight excluding hydrogens is 381 g/mol. The molecule has 144 valence electrons. The molecule has 0 bridgehead atoms. The van der Waals surface area contributed by atoms with Crippen LogP contribution in [0.5, 0.6) is 0 Å². The molecule has 1 fully saturated rings. The number of carbonyl (C=O) groups is 1. The van der Waals surface area contributed by atoms with Gasteiger partial charge in [-0.1, -0.05) is 24.4 Å². The zero-order chi connectivity index (χ0) is 19.6. The van der Waals surface area contributed by atoms with Gasteiger partial charge < -0.3 is 10.6 Å². The third-order valence-corrected chi connectivity index (χ3v) is 4.65. The fourth-order valence-electron chi connectivity index (χ4n) is 3.01. The lowest BCUT2D eigenvalue weighted by Gasteiger charge is -2.14. The van der Waals surface area contributed by atoms with E-state index in [9.17, 15) is 18.0 Å². The van der Waals surface area contributed by atoms with Crippen molar-refractivity contribution in [2.24, 2.45) is 0 Å². The van der Waals surface area contributed by atoms with Crippen molar-refractivity contribution in [1.82, 2.24) is 15.3 Å². The number of aromatic nitrogens is 2. The van der Waals surface area contributed by atoms with Gasteiger partial charge in [0.1, 0.15) is 17.3 Å². The molecule has 9 heteroatoms. The molecule has 0 atom stereocenters. The number of amides is 1. The highest BCUT2D eigenvalue weighted by molar-refractivity contribution is 6.33. The summed E-state index contributed by atoms with van der Waals surface area (Å²) in [6, 6.07) is 4.49. The van der Waals surface area contributed by atoms with Gasteiger partial charge in [0, 0.05) is 12.1 Å². The minimum atomic E-state index is -4.49. The van der Waals surface area contributed by atoms with E-state index in [1.165, 1.54) is 6.07 Å². The predicted molar refractivity (Wildman–Crippen MR) is 96.2 cm³/mol. The molecule has 0 spiro atoms. The molecule has 0 saturated heterocycles. The van der Waals surface area contributed by atoms with Crippen molar-refractivity contribution >= 4 is 29.0 Å². The molecule has 1 aliphatic rings. The second kappa shape index (κ2) is 7.72. The molecule has 1 aromatic heterocycles. The fourth-order valence-corrected chi connectivity index (χ4v) is 3.18. The number of rotatable bonds is 4. The summed E-state index contributed by atoms with van der Waals surface area (Å²) in [5, 5.41) is 5.78. The van der Waals surface area contributed by atoms with Crippen molar-refractivity contribution in [2.45, 2.75) is 44.8 Å². The summed E-state index contributed by atoms with van der Waals surface area (Å²) >= 11 is 6.00. The first-order valence-corrected chi connectivity index (χ1v) is 8.90. The molecule has 0 unspecified atom stereocenters. The number of carbonyl (C=O) groups excluding carboxylic acids is 1. The van der Waals surface area contributed by atoms with E-state index in [-0.39, 0.29) is 34.2 Å². The lowest BCUT2D eigenvalue weighted by atomic mass is 10.2. The lowest BCUT2D eigenvalue weighted by molar-refractivity contribution is -0.137. The molecule has 1 aliphatic carbocycles. The Morgan fingerprint density at radius 2 is 1.89 bits per heavy atom.